The highest BCUT2D eigenvalue weighted by atomic mass is 79.9. The van der Waals surface area contributed by atoms with E-state index < -0.39 is 11.5 Å². The Kier molecular flexibility index (Phi) is 6.31. The molecule has 0 aliphatic carbocycles. The molecule has 1 heterocycles. The van der Waals surface area contributed by atoms with Crippen molar-refractivity contribution < 1.29 is 19.1 Å². The van der Waals surface area contributed by atoms with Crippen LogP contribution in [-0.2, 0) is 25.5 Å². The number of carbonyl (C=O) groups is 2. The summed E-state index contributed by atoms with van der Waals surface area (Å²) in [5, 5.41) is 3.56. The zero-order valence-electron chi connectivity index (χ0n) is 12.5. The number of rotatable bonds is 4. The lowest BCUT2D eigenvalue weighted by Gasteiger charge is -2.35. The van der Waals surface area contributed by atoms with Crippen molar-refractivity contribution >= 4 is 51.0 Å². The Labute approximate surface area is 152 Å². The Morgan fingerprint density at radius 1 is 1.35 bits per heavy atom. The molecule has 0 spiro atoms. The van der Waals surface area contributed by atoms with Crippen molar-refractivity contribution in [3.63, 3.8) is 0 Å². The molecule has 0 saturated carbocycles. The van der Waals surface area contributed by atoms with Crippen LogP contribution < -0.4 is 5.32 Å². The monoisotopic (exact) mass is 423 g/mol. The van der Waals surface area contributed by atoms with E-state index in [9.17, 15) is 9.59 Å². The molecule has 0 atom stereocenters. The van der Waals surface area contributed by atoms with Crippen molar-refractivity contribution in [2.45, 2.75) is 24.8 Å². The first-order valence-electron chi connectivity index (χ1n) is 6.99. The summed E-state index contributed by atoms with van der Waals surface area (Å²) in [7, 11) is 1.30. The van der Waals surface area contributed by atoms with E-state index in [0.29, 0.717) is 46.1 Å². The number of hydrogen-bond acceptors (Lipinski definition) is 4. The molecule has 0 aromatic heterocycles. The summed E-state index contributed by atoms with van der Waals surface area (Å²) >= 11 is 15.6. The van der Waals surface area contributed by atoms with Gasteiger partial charge in [-0.15, -0.1) is 0 Å². The maximum Gasteiger partial charge on any atom is 0.331 e. The summed E-state index contributed by atoms with van der Waals surface area (Å²) in [5.41, 5.74) is -0.554. The zero-order valence-corrected chi connectivity index (χ0v) is 15.6. The van der Waals surface area contributed by atoms with Gasteiger partial charge in [-0.25, -0.2) is 4.79 Å². The number of amides is 1. The molecule has 1 aromatic carbocycles. The number of benzene rings is 1. The van der Waals surface area contributed by atoms with Gasteiger partial charge in [-0.2, -0.15) is 0 Å². The fourth-order valence-electron chi connectivity index (χ4n) is 2.50. The average Bonchev–Trinajstić information content (AvgIpc) is 2.55. The Hall–Kier alpha value is -0.820. The summed E-state index contributed by atoms with van der Waals surface area (Å²) in [4.78, 5) is 24.5. The van der Waals surface area contributed by atoms with Crippen molar-refractivity contribution in [1.29, 1.82) is 0 Å². The molecular weight excluding hydrogens is 409 g/mol. The molecule has 1 fully saturated rings. The maximum atomic E-state index is 12.4. The third-order valence-corrected chi connectivity index (χ3v) is 5.45. The van der Waals surface area contributed by atoms with E-state index in [2.05, 4.69) is 21.2 Å². The number of esters is 1. The third-order valence-electron chi connectivity index (χ3n) is 3.78. The number of ether oxygens (including phenoxy) is 2. The molecule has 23 heavy (non-hydrogen) atoms. The van der Waals surface area contributed by atoms with Gasteiger partial charge < -0.3 is 14.8 Å². The molecular formula is C15H16BrCl2NO4. The van der Waals surface area contributed by atoms with Crippen molar-refractivity contribution in [3.05, 3.63) is 32.2 Å². The Bertz CT molecular complexity index is 618. The molecule has 5 nitrogen and oxygen atoms in total. The molecule has 0 radical (unpaired) electrons. The first-order valence-corrected chi connectivity index (χ1v) is 8.54. The molecule has 1 amide bonds. The average molecular weight is 425 g/mol. The lowest BCUT2D eigenvalue weighted by atomic mass is 9.89. The summed E-state index contributed by atoms with van der Waals surface area (Å²) < 4.78 is 10.8. The van der Waals surface area contributed by atoms with Gasteiger partial charge in [0.25, 0.3) is 0 Å². The summed E-state index contributed by atoms with van der Waals surface area (Å²) in [6.45, 7) is 0.765. The predicted molar refractivity (Wildman–Crippen MR) is 90.8 cm³/mol. The molecule has 0 bridgehead atoms. The smallest absolute Gasteiger partial charge is 0.331 e. The van der Waals surface area contributed by atoms with E-state index in [1.54, 1.807) is 12.1 Å². The van der Waals surface area contributed by atoms with Crippen LogP contribution in [0.2, 0.25) is 10.0 Å². The highest BCUT2D eigenvalue weighted by Gasteiger charge is 2.42. The lowest BCUT2D eigenvalue weighted by Crippen LogP contribution is -2.58. The fraction of sp³-hybridized carbons (Fsp3) is 0.467. The maximum absolute atomic E-state index is 12.4. The number of nitrogens with one attached hydrogen (secondary N) is 1. The quantitative estimate of drug-likeness (QED) is 0.595. The number of halogens is 3. The highest BCUT2D eigenvalue weighted by molar-refractivity contribution is 9.10. The molecule has 126 valence electrons. The predicted octanol–water partition coefficient (Wildman–Crippen LogP) is 3.14. The van der Waals surface area contributed by atoms with Gasteiger partial charge in [-0.3, -0.25) is 4.79 Å². The van der Waals surface area contributed by atoms with Gasteiger partial charge in [0.05, 0.1) is 18.6 Å². The molecule has 1 N–H and O–H groups in total. The van der Waals surface area contributed by atoms with E-state index in [4.69, 9.17) is 32.7 Å². The minimum absolute atomic E-state index is 0.0310. The van der Waals surface area contributed by atoms with E-state index in [0.717, 1.165) is 0 Å². The van der Waals surface area contributed by atoms with E-state index >= 15 is 0 Å². The van der Waals surface area contributed by atoms with Crippen molar-refractivity contribution in [3.8, 4) is 0 Å². The summed E-state index contributed by atoms with van der Waals surface area (Å²) in [6, 6.07) is 3.37. The van der Waals surface area contributed by atoms with Crippen LogP contribution in [0.15, 0.2) is 16.6 Å². The molecule has 1 aliphatic heterocycles. The Morgan fingerprint density at radius 3 is 2.61 bits per heavy atom. The second-order valence-electron chi connectivity index (χ2n) is 5.23. The third kappa shape index (κ3) is 4.18. The summed E-state index contributed by atoms with van der Waals surface area (Å²) in [6.07, 6.45) is 0.702. The Morgan fingerprint density at radius 2 is 2.00 bits per heavy atom. The normalized spacial score (nSPS) is 16.7. The van der Waals surface area contributed by atoms with Gasteiger partial charge >= 0.3 is 5.97 Å². The second-order valence-corrected chi connectivity index (χ2v) is 6.87. The van der Waals surface area contributed by atoms with Crippen molar-refractivity contribution in [1.82, 2.24) is 5.32 Å². The highest BCUT2D eigenvalue weighted by Crippen LogP contribution is 2.32. The standard InChI is InChI=1S/C15H16BrCl2NO4/c1-22-14(21)15(4-6-23-7-5-15)19-12(20)8-9-11(17)3-2-10(16)13(9)18/h2-3H,4-8H2,1H3,(H,19,20). The van der Waals surface area contributed by atoms with Crippen LogP contribution in [0.3, 0.4) is 0 Å². The van der Waals surface area contributed by atoms with Crippen molar-refractivity contribution in [2.75, 3.05) is 20.3 Å². The number of carbonyl (C=O) groups excluding carboxylic acids is 2. The van der Waals surface area contributed by atoms with Crippen LogP contribution in [-0.4, -0.2) is 37.7 Å². The minimum atomic E-state index is -1.06. The molecule has 1 aliphatic rings. The minimum Gasteiger partial charge on any atom is -0.467 e. The van der Waals surface area contributed by atoms with Gasteiger partial charge in [0.2, 0.25) is 5.91 Å². The van der Waals surface area contributed by atoms with Crippen LogP contribution >= 0.6 is 39.1 Å². The topological polar surface area (TPSA) is 64.6 Å². The van der Waals surface area contributed by atoms with E-state index in [1.807, 2.05) is 0 Å². The molecule has 0 unspecified atom stereocenters. The molecule has 8 heteroatoms. The first-order chi connectivity index (χ1) is 10.9. The Balaban J connectivity index is 2.17. The van der Waals surface area contributed by atoms with Crippen LogP contribution in [0.4, 0.5) is 0 Å². The van der Waals surface area contributed by atoms with Crippen molar-refractivity contribution in [2.24, 2.45) is 0 Å². The van der Waals surface area contributed by atoms with Crippen LogP contribution in [0.25, 0.3) is 0 Å². The van der Waals surface area contributed by atoms with Crippen LogP contribution in [0.5, 0.6) is 0 Å². The van der Waals surface area contributed by atoms with Gasteiger partial charge in [-0.1, -0.05) is 23.2 Å². The van der Waals surface area contributed by atoms with E-state index in [-0.39, 0.29) is 12.3 Å². The SMILES string of the molecule is COC(=O)C1(NC(=O)Cc2c(Cl)ccc(Br)c2Cl)CCOCC1. The molecule has 2 rings (SSSR count). The summed E-state index contributed by atoms with van der Waals surface area (Å²) in [5.74, 6) is -0.820. The van der Waals surface area contributed by atoms with Gasteiger partial charge in [0, 0.05) is 35.6 Å². The van der Waals surface area contributed by atoms with Gasteiger partial charge in [0.1, 0.15) is 5.54 Å². The van der Waals surface area contributed by atoms with Gasteiger partial charge in [0.15, 0.2) is 0 Å². The lowest BCUT2D eigenvalue weighted by molar-refractivity contribution is -0.155. The molecule has 1 aromatic rings. The fourth-order valence-corrected chi connectivity index (χ4v) is 3.37. The zero-order chi connectivity index (χ0) is 17.0. The van der Waals surface area contributed by atoms with Crippen LogP contribution in [0.1, 0.15) is 18.4 Å². The van der Waals surface area contributed by atoms with Gasteiger partial charge in [-0.05, 0) is 33.6 Å². The second kappa shape index (κ2) is 7.83. The molecule has 1 saturated heterocycles. The number of hydrogen-bond donors (Lipinski definition) is 1. The van der Waals surface area contributed by atoms with Crippen LogP contribution in [0, 0.1) is 0 Å². The first kappa shape index (κ1) is 18.5. The van der Waals surface area contributed by atoms with E-state index in [1.165, 1.54) is 7.11 Å². The number of methoxy groups -OCH3 is 1. The largest absolute Gasteiger partial charge is 0.467 e.